The summed E-state index contributed by atoms with van der Waals surface area (Å²) < 4.78 is 5.40. The largest absolute Gasteiger partial charge is 0.507 e. The van der Waals surface area contributed by atoms with Gasteiger partial charge in [-0.25, -0.2) is 0 Å². The minimum atomic E-state index is -0.906. The van der Waals surface area contributed by atoms with Crippen LogP contribution in [0.2, 0.25) is 10.0 Å². The number of anilines is 1. The number of rotatable bonds is 4. The Labute approximate surface area is 211 Å². The lowest BCUT2D eigenvalue weighted by Crippen LogP contribution is -2.29. The molecule has 2 heterocycles. The number of ketones is 1. The molecule has 1 aliphatic rings. The van der Waals surface area contributed by atoms with Crippen molar-refractivity contribution < 1.29 is 19.4 Å². The number of aliphatic hydroxyl groups is 1. The van der Waals surface area contributed by atoms with Gasteiger partial charge in [-0.3, -0.25) is 14.5 Å². The summed E-state index contributed by atoms with van der Waals surface area (Å²) in [7, 11) is 1.45. The smallest absolute Gasteiger partial charge is 0.300 e. The zero-order chi connectivity index (χ0) is 24.9. The van der Waals surface area contributed by atoms with Crippen LogP contribution < -0.4 is 9.64 Å². The molecule has 1 saturated heterocycles. The molecule has 8 heteroatoms. The van der Waals surface area contributed by atoms with Crippen molar-refractivity contribution in [1.82, 2.24) is 4.98 Å². The van der Waals surface area contributed by atoms with Crippen molar-refractivity contribution in [3.63, 3.8) is 0 Å². The second kappa shape index (κ2) is 8.80. The Morgan fingerprint density at radius 2 is 1.69 bits per heavy atom. The number of aryl methyl sites for hydroxylation is 1. The van der Waals surface area contributed by atoms with E-state index in [-0.39, 0.29) is 16.9 Å². The maximum Gasteiger partial charge on any atom is 0.300 e. The third-order valence-corrected chi connectivity index (χ3v) is 6.67. The van der Waals surface area contributed by atoms with E-state index in [1.165, 1.54) is 18.1 Å². The molecule has 0 bridgehead atoms. The van der Waals surface area contributed by atoms with E-state index in [4.69, 9.17) is 27.9 Å². The number of nitrogens with one attached hydrogen (secondary N) is 1. The van der Waals surface area contributed by atoms with E-state index in [2.05, 4.69) is 4.98 Å². The summed E-state index contributed by atoms with van der Waals surface area (Å²) in [5.41, 5.74) is 2.96. The number of Topliss-reactive ketones (excluding diaryl/α,β-unsaturated/α-hetero) is 1. The first-order chi connectivity index (χ1) is 16.8. The lowest BCUT2D eigenvalue weighted by Gasteiger charge is -2.26. The molecule has 6 nitrogen and oxygen atoms in total. The van der Waals surface area contributed by atoms with Crippen molar-refractivity contribution in [3.05, 3.63) is 99.2 Å². The molecule has 0 saturated carbocycles. The van der Waals surface area contributed by atoms with Gasteiger partial charge in [-0.05, 0) is 55.5 Å². The second-order valence-corrected chi connectivity index (χ2v) is 9.07. The fourth-order valence-corrected chi connectivity index (χ4v) is 4.93. The van der Waals surface area contributed by atoms with Crippen LogP contribution in [0.4, 0.5) is 5.69 Å². The molecular weight excluding hydrogens is 487 g/mol. The SMILES string of the molecule is COc1ccc(Cl)cc1/C(O)=C1\C(=O)C(=O)N(c2ccc(Cl)cc2)C1c1c(C)[nH]c2ccccc12. The summed E-state index contributed by atoms with van der Waals surface area (Å²) >= 11 is 12.3. The Balaban J connectivity index is 1.84. The minimum Gasteiger partial charge on any atom is -0.507 e. The summed E-state index contributed by atoms with van der Waals surface area (Å²) in [6, 6.07) is 18.1. The molecule has 1 aliphatic heterocycles. The molecule has 0 radical (unpaired) electrons. The lowest BCUT2D eigenvalue weighted by molar-refractivity contribution is -0.132. The number of aromatic nitrogens is 1. The van der Waals surface area contributed by atoms with E-state index in [0.29, 0.717) is 27.0 Å². The maximum absolute atomic E-state index is 13.5. The van der Waals surface area contributed by atoms with Gasteiger partial charge in [-0.2, -0.15) is 0 Å². The first-order valence-electron chi connectivity index (χ1n) is 10.8. The fourth-order valence-electron chi connectivity index (χ4n) is 4.63. The Hall–Kier alpha value is -3.74. The standard InChI is InChI=1S/C27H20Cl2N2O4/c1-14-22(18-5-3-4-6-20(18)30-14)24-23(25(32)19-13-16(29)9-12-21(19)35-2)26(33)27(34)31(24)17-10-7-15(28)8-11-17/h3-13,24,30,32H,1-2H3/b25-23+. The second-order valence-electron chi connectivity index (χ2n) is 8.20. The van der Waals surface area contributed by atoms with Crippen LogP contribution in [0.5, 0.6) is 5.75 Å². The molecule has 1 amide bonds. The van der Waals surface area contributed by atoms with Crippen molar-refractivity contribution in [2.75, 3.05) is 12.0 Å². The van der Waals surface area contributed by atoms with Gasteiger partial charge in [0.15, 0.2) is 0 Å². The highest BCUT2D eigenvalue weighted by molar-refractivity contribution is 6.52. The van der Waals surface area contributed by atoms with Crippen molar-refractivity contribution in [3.8, 4) is 5.75 Å². The molecule has 35 heavy (non-hydrogen) atoms. The van der Waals surface area contributed by atoms with Crippen molar-refractivity contribution in [1.29, 1.82) is 0 Å². The Bertz CT molecular complexity index is 1520. The number of ether oxygens (including phenoxy) is 1. The Morgan fingerprint density at radius 1 is 1.00 bits per heavy atom. The number of hydrogen-bond acceptors (Lipinski definition) is 4. The first-order valence-corrected chi connectivity index (χ1v) is 11.5. The van der Waals surface area contributed by atoms with Crippen molar-refractivity contribution in [2.24, 2.45) is 0 Å². The number of amides is 1. The summed E-state index contributed by atoms with van der Waals surface area (Å²) in [4.78, 5) is 31.6. The number of methoxy groups -OCH3 is 1. The molecule has 1 fully saturated rings. The Kier molecular flexibility index (Phi) is 5.79. The number of carbonyl (C=O) groups excluding carboxylic acids is 2. The normalized spacial score (nSPS) is 17.4. The number of halogens is 2. The van der Waals surface area contributed by atoms with Crippen LogP contribution in [-0.2, 0) is 9.59 Å². The molecular formula is C27H20Cl2N2O4. The molecule has 1 aromatic heterocycles. The highest BCUT2D eigenvalue weighted by Gasteiger charge is 2.48. The zero-order valence-electron chi connectivity index (χ0n) is 18.8. The number of para-hydroxylation sites is 1. The van der Waals surface area contributed by atoms with Crippen LogP contribution in [0, 0.1) is 6.92 Å². The fraction of sp³-hybridized carbons (Fsp3) is 0.111. The van der Waals surface area contributed by atoms with Gasteiger partial charge in [0.2, 0.25) is 0 Å². The highest BCUT2D eigenvalue weighted by Crippen LogP contribution is 2.46. The van der Waals surface area contributed by atoms with Crippen molar-refractivity contribution in [2.45, 2.75) is 13.0 Å². The van der Waals surface area contributed by atoms with E-state index in [0.717, 1.165) is 16.6 Å². The predicted molar refractivity (Wildman–Crippen MR) is 137 cm³/mol. The van der Waals surface area contributed by atoms with Gasteiger partial charge < -0.3 is 14.8 Å². The van der Waals surface area contributed by atoms with E-state index in [1.54, 1.807) is 36.4 Å². The van der Waals surface area contributed by atoms with Gasteiger partial charge in [0.1, 0.15) is 11.5 Å². The monoisotopic (exact) mass is 506 g/mol. The summed E-state index contributed by atoms with van der Waals surface area (Å²) in [6.45, 7) is 1.87. The maximum atomic E-state index is 13.5. The molecule has 1 unspecified atom stereocenters. The molecule has 0 aliphatic carbocycles. The van der Waals surface area contributed by atoms with Crippen LogP contribution >= 0.6 is 23.2 Å². The van der Waals surface area contributed by atoms with Gasteiger partial charge in [-0.15, -0.1) is 0 Å². The predicted octanol–water partition coefficient (Wildman–Crippen LogP) is 6.42. The molecule has 4 aromatic rings. The number of benzene rings is 3. The molecule has 0 spiro atoms. The van der Waals surface area contributed by atoms with E-state index >= 15 is 0 Å². The van der Waals surface area contributed by atoms with Crippen LogP contribution in [0.3, 0.4) is 0 Å². The summed E-state index contributed by atoms with van der Waals surface area (Å²) in [5, 5.41) is 13.2. The molecule has 1 atom stereocenters. The first kappa shape index (κ1) is 23.0. The third-order valence-electron chi connectivity index (χ3n) is 6.18. The number of aromatic amines is 1. The Morgan fingerprint density at radius 3 is 2.40 bits per heavy atom. The van der Waals surface area contributed by atoms with Crippen LogP contribution in [0.15, 0.2) is 72.3 Å². The third kappa shape index (κ3) is 3.75. The summed E-state index contributed by atoms with van der Waals surface area (Å²) in [6.07, 6.45) is 0. The number of aliphatic hydroxyl groups excluding tert-OH is 1. The van der Waals surface area contributed by atoms with Gasteiger partial charge in [0, 0.05) is 37.9 Å². The van der Waals surface area contributed by atoms with Gasteiger partial charge >= 0.3 is 0 Å². The molecule has 2 N–H and O–H groups in total. The number of nitrogens with zero attached hydrogens (tertiary/aromatic N) is 1. The lowest BCUT2D eigenvalue weighted by atomic mass is 9.93. The van der Waals surface area contributed by atoms with Crippen LogP contribution in [0.1, 0.15) is 22.9 Å². The summed E-state index contributed by atoms with van der Waals surface area (Å²) in [5.74, 6) is -1.62. The average Bonchev–Trinajstić information content (AvgIpc) is 3.31. The number of fused-ring (bicyclic) bond motifs is 1. The average molecular weight is 507 g/mol. The molecule has 176 valence electrons. The van der Waals surface area contributed by atoms with E-state index < -0.39 is 17.7 Å². The number of H-pyrrole nitrogens is 1. The van der Waals surface area contributed by atoms with Crippen LogP contribution in [-0.4, -0.2) is 28.9 Å². The highest BCUT2D eigenvalue weighted by atomic mass is 35.5. The quantitative estimate of drug-likeness (QED) is 0.190. The topological polar surface area (TPSA) is 82.6 Å². The minimum absolute atomic E-state index is 0.0571. The van der Waals surface area contributed by atoms with Gasteiger partial charge in [0.25, 0.3) is 11.7 Å². The van der Waals surface area contributed by atoms with E-state index in [9.17, 15) is 14.7 Å². The van der Waals surface area contributed by atoms with Crippen molar-refractivity contribution >= 4 is 57.2 Å². The number of hydrogen-bond donors (Lipinski definition) is 2. The van der Waals surface area contributed by atoms with Gasteiger partial charge in [0.05, 0.1) is 24.3 Å². The number of carbonyl (C=O) groups is 2. The van der Waals surface area contributed by atoms with Crippen LogP contribution in [0.25, 0.3) is 16.7 Å². The molecule has 3 aromatic carbocycles. The van der Waals surface area contributed by atoms with E-state index in [1.807, 2.05) is 31.2 Å². The molecule has 5 rings (SSSR count). The zero-order valence-corrected chi connectivity index (χ0v) is 20.3. The van der Waals surface area contributed by atoms with Gasteiger partial charge in [-0.1, -0.05) is 41.4 Å².